The van der Waals surface area contributed by atoms with Crippen molar-refractivity contribution >= 4 is 29.3 Å². The third-order valence-electron chi connectivity index (χ3n) is 3.55. The Balaban J connectivity index is 1.92. The standard InChI is InChI=1S/C16H12F2N4O4S/c17-9-2-1-3-10(18)8(9)6-27-12-4-11(23)14(15-20-7-21-22(12)15)16(26)19-5-13(24)25/h1-4,7,23H,5-6H2,(H,19,26)(H,24,25). The van der Waals surface area contributed by atoms with Crippen molar-refractivity contribution in [1.29, 1.82) is 0 Å². The number of aromatic nitrogens is 3. The van der Waals surface area contributed by atoms with Gasteiger partial charge in [-0.15, -0.1) is 11.8 Å². The summed E-state index contributed by atoms with van der Waals surface area (Å²) >= 11 is 0.983. The Morgan fingerprint density at radius 1 is 1.26 bits per heavy atom. The molecule has 0 aliphatic heterocycles. The number of aliphatic carboxylic acids is 1. The zero-order valence-corrected chi connectivity index (χ0v) is 14.3. The molecule has 0 aliphatic carbocycles. The first-order valence-electron chi connectivity index (χ1n) is 7.50. The molecule has 1 amide bonds. The first-order valence-corrected chi connectivity index (χ1v) is 8.48. The van der Waals surface area contributed by atoms with Crippen LogP contribution in [0.15, 0.2) is 35.6 Å². The summed E-state index contributed by atoms with van der Waals surface area (Å²) in [4.78, 5) is 26.6. The largest absolute Gasteiger partial charge is 0.507 e. The minimum atomic E-state index is -1.25. The summed E-state index contributed by atoms with van der Waals surface area (Å²) < 4.78 is 28.8. The van der Waals surface area contributed by atoms with Gasteiger partial charge < -0.3 is 15.5 Å². The van der Waals surface area contributed by atoms with Crippen LogP contribution in [0.5, 0.6) is 5.75 Å². The maximum Gasteiger partial charge on any atom is 0.322 e. The van der Waals surface area contributed by atoms with Crippen LogP contribution < -0.4 is 5.32 Å². The van der Waals surface area contributed by atoms with Gasteiger partial charge in [-0.2, -0.15) is 5.10 Å². The summed E-state index contributed by atoms with van der Waals surface area (Å²) in [6.07, 6.45) is 1.14. The zero-order chi connectivity index (χ0) is 19.6. The Morgan fingerprint density at radius 3 is 2.63 bits per heavy atom. The van der Waals surface area contributed by atoms with Crippen molar-refractivity contribution in [2.75, 3.05) is 6.54 Å². The van der Waals surface area contributed by atoms with Crippen molar-refractivity contribution in [1.82, 2.24) is 19.9 Å². The highest BCUT2D eigenvalue weighted by atomic mass is 32.2. The fourth-order valence-corrected chi connectivity index (χ4v) is 3.34. The van der Waals surface area contributed by atoms with Crippen molar-refractivity contribution < 1.29 is 28.6 Å². The van der Waals surface area contributed by atoms with Gasteiger partial charge in [-0.3, -0.25) is 9.59 Å². The number of fused-ring (bicyclic) bond motifs is 1. The Bertz CT molecular complexity index is 1020. The van der Waals surface area contributed by atoms with Gasteiger partial charge in [0.15, 0.2) is 5.65 Å². The number of pyridine rings is 1. The molecule has 0 unspecified atom stereocenters. The van der Waals surface area contributed by atoms with Crippen LogP contribution in [-0.4, -0.2) is 43.2 Å². The van der Waals surface area contributed by atoms with E-state index in [2.05, 4.69) is 15.4 Å². The molecule has 140 valence electrons. The normalized spacial score (nSPS) is 10.9. The number of carbonyl (C=O) groups excluding carboxylic acids is 1. The molecule has 27 heavy (non-hydrogen) atoms. The van der Waals surface area contributed by atoms with Crippen molar-refractivity contribution in [2.24, 2.45) is 0 Å². The fraction of sp³-hybridized carbons (Fsp3) is 0.125. The number of carboxylic acids is 1. The molecule has 3 N–H and O–H groups in total. The molecule has 3 rings (SSSR count). The summed E-state index contributed by atoms with van der Waals surface area (Å²) in [5.74, 6) is -4.05. The van der Waals surface area contributed by atoms with Crippen molar-refractivity contribution in [2.45, 2.75) is 10.8 Å². The minimum Gasteiger partial charge on any atom is -0.507 e. The van der Waals surface area contributed by atoms with E-state index < -0.39 is 35.8 Å². The van der Waals surface area contributed by atoms with Gasteiger partial charge in [0, 0.05) is 17.4 Å². The van der Waals surface area contributed by atoms with Gasteiger partial charge in [0.2, 0.25) is 0 Å². The molecule has 0 radical (unpaired) electrons. The molecule has 0 aliphatic rings. The smallest absolute Gasteiger partial charge is 0.322 e. The maximum atomic E-state index is 13.8. The van der Waals surface area contributed by atoms with Crippen LogP contribution in [0.3, 0.4) is 0 Å². The molecule has 0 saturated heterocycles. The van der Waals surface area contributed by atoms with E-state index in [4.69, 9.17) is 5.11 Å². The van der Waals surface area contributed by atoms with Gasteiger partial charge in [-0.1, -0.05) is 6.07 Å². The SMILES string of the molecule is O=C(O)CNC(=O)c1c(O)cc(SCc2c(F)cccc2F)n2ncnc12. The number of nitrogens with zero attached hydrogens (tertiary/aromatic N) is 3. The summed E-state index contributed by atoms with van der Waals surface area (Å²) in [5, 5.41) is 25.2. The fourth-order valence-electron chi connectivity index (χ4n) is 2.32. The number of aromatic hydroxyl groups is 1. The number of rotatable bonds is 6. The van der Waals surface area contributed by atoms with Crippen molar-refractivity contribution in [3.63, 3.8) is 0 Å². The van der Waals surface area contributed by atoms with E-state index in [9.17, 15) is 23.5 Å². The second-order valence-electron chi connectivity index (χ2n) is 5.30. The van der Waals surface area contributed by atoms with Crippen molar-refractivity contribution in [3.05, 3.63) is 53.4 Å². The Hall–Kier alpha value is -3.21. The lowest BCUT2D eigenvalue weighted by Crippen LogP contribution is -2.29. The Morgan fingerprint density at radius 2 is 1.96 bits per heavy atom. The van der Waals surface area contributed by atoms with E-state index in [1.54, 1.807) is 0 Å². The van der Waals surface area contributed by atoms with E-state index in [1.165, 1.54) is 16.6 Å². The second kappa shape index (κ2) is 7.58. The van der Waals surface area contributed by atoms with Crippen LogP contribution in [0.1, 0.15) is 15.9 Å². The van der Waals surface area contributed by atoms with Gasteiger partial charge in [-0.05, 0) is 12.1 Å². The number of nitrogens with one attached hydrogen (secondary N) is 1. The summed E-state index contributed by atoms with van der Waals surface area (Å²) in [6.45, 7) is -0.637. The van der Waals surface area contributed by atoms with Crippen LogP contribution in [0.4, 0.5) is 8.78 Å². The third-order valence-corrected chi connectivity index (χ3v) is 4.57. The quantitative estimate of drug-likeness (QED) is 0.546. The molecule has 8 nitrogen and oxygen atoms in total. The zero-order valence-electron chi connectivity index (χ0n) is 13.5. The molecule has 0 fully saturated rings. The van der Waals surface area contributed by atoms with Crippen LogP contribution in [0, 0.1) is 11.6 Å². The number of benzene rings is 1. The first kappa shape index (κ1) is 18.6. The highest BCUT2D eigenvalue weighted by Gasteiger charge is 2.21. The average molecular weight is 394 g/mol. The van der Waals surface area contributed by atoms with Gasteiger partial charge in [-0.25, -0.2) is 18.3 Å². The molecule has 11 heteroatoms. The van der Waals surface area contributed by atoms with Gasteiger partial charge in [0.05, 0.1) is 0 Å². The van der Waals surface area contributed by atoms with E-state index in [1.807, 2.05) is 0 Å². The number of hydrogen-bond acceptors (Lipinski definition) is 6. The number of halogens is 2. The van der Waals surface area contributed by atoms with E-state index >= 15 is 0 Å². The average Bonchev–Trinajstić information content (AvgIpc) is 3.08. The molecule has 0 bridgehead atoms. The molecule has 2 aromatic heterocycles. The van der Waals surface area contributed by atoms with Crippen LogP contribution >= 0.6 is 11.8 Å². The molecular weight excluding hydrogens is 382 g/mol. The lowest BCUT2D eigenvalue weighted by atomic mass is 10.2. The predicted octanol–water partition coefficient (Wildman–Crippen LogP) is 1.82. The predicted molar refractivity (Wildman–Crippen MR) is 90.5 cm³/mol. The molecular formula is C16H12F2N4O4S. The molecule has 0 saturated carbocycles. The van der Waals surface area contributed by atoms with Gasteiger partial charge in [0.25, 0.3) is 5.91 Å². The van der Waals surface area contributed by atoms with Gasteiger partial charge >= 0.3 is 5.97 Å². The number of carbonyl (C=O) groups is 2. The lowest BCUT2D eigenvalue weighted by Gasteiger charge is -2.10. The Kier molecular flexibility index (Phi) is 5.21. The van der Waals surface area contributed by atoms with E-state index in [0.717, 1.165) is 30.2 Å². The highest BCUT2D eigenvalue weighted by Crippen LogP contribution is 2.31. The summed E-state index contributed by atoms with van der Waals surface area (Å²) in [7, 11) is 0. The van der Waals surface area contributed by atoms with Crippen LogP contribution in [0.2, 0.25) is 0 Å². The molecule has 0 spiro atoms. The van der Waals surface area contributed by atoms with E-state index in [0.29, 0.717) is 0 Å². The third kappa shape index (κ3) is 3.82. The highest BCUT2D eigenvalue weighted by molar-refractivity contribution is 7.98. The van der Waals surface area contributed by atoms with Crippen LogP contribution in [-0.2, 0) is 10.5 Å². The Labute approximate surface area is 154 Å². The number of hydrogen-bond donors (Lipinski definition) is 3. The second-order valence-corrected chi connectivity index (χ2v) is 6.30. The molecule has 2 heterocycles. The van der Waals surface area contributed by atoms with E-state index in [-0.39, 0.29) is 27.6 Å². The van der Waals surface area contributed by atoms with Crippen LogP contribution in [0.25, 0.3) is 5.65 Å². The number of amides is 1. The topological polar surface area (TPSA) is 117 Å². The molecule has 3 aromatic rings. The van der Waals surface area contributed by atoms with Crippen molar-refractivity contribution in [3.8, 4) is 5.75 Å². The first-order chi connectivity index (χ1) is 12.9. The number of thioether (sulfide) groups is 1. The molecule has 1 aromatic carbocycles. The lowest BCUT2D eigenvalue weighted by molar-refractivity contribution is -0.135. The summed E-state index contributed by atoms with van der Waals surface area (Å²) in [5.41, 5.74) is -0.414. The molecule has 0 atom stereocenters. The summed E-state index contributed by atoms with van der Waals surface area (Å²) in [6, 6.07) is 4.72. The monoisotopic (exact) mass is 394 g/mol. The minimum absolute atomic E-state index is 0.0191. The number of carboxylic acid groups (broad SMARTS) is 1. The van der Waals surface area contributed by atoms with Gasteiger partial charge in [0.1, 0.15) is 40.8 Å². The maximum absolute atomic E-state index is 13.8.